The molecule has 170 valence electrons. The Kier molecular flexibility index (Phi) is 5.31. The fourth-order valence-corrected chi connectivity index (χ4v) is 4.35. The van der Waals surface area contributed by atoms with Crippen molar-refractivity contribution in [1.29, 1.82) is 0 Å². The van der Waals surface area contributed by atoms with Crippen LogP contribution in [0.1, 0.15) is 25.1 Å². The molecular weight excluding hydrogens is 425 g/mol. The molecular formula is C20H23F3N8O. The number of nitrogens with one attached hydrogen (secondary N) is 1. The Labute approximate surface area is 182 Å². The van der Waals surface area contributed by atoms with E-state index in [1.54, 1.807) is 12.4 Å². The Hall–Kier alpha value is -3.02. The first-order valence-corrected chi connectivity index (χ1v) is 10.5. The Morgan fingerprint density at radius 3 is 2.31 bits per heavy atom. The number of H-pyrrole nitrogens is 1. The van der Waals surface area contributed by atoms with Gasteiger partial charge >= 0.3 is 6.18 Å². The summed E-state index contributed by atoms with van der Waals surface area (Å²) in [6.07, 6.45) is 4.90. The van der Waals surface area contributed by atoms with Crippen LogP contribution >= 0.6 is 0 Å². The summed E-state index contributed by atoms with van der Waals surface area (Å²) >= 11 is 0. The van der Waals surface area contributed by atoms with Crippen molar-refractivity contribution in [2.75, 3.05) is 49.2 Å². The Morgan fingerprint density at radius 1 is 0.938 bits per heavy atom. The van der Waals surface area contributed by atoms with Crippen molar-refractivity contribution in [1.82, 2.24) is 30.1 Å². The Balaban J connectivity index is 0.000000383. The van der Waals surface area contributed by atoms with Gasteiger partial charge in [0, 0.05) is 44.8 Å². The second kappa shape index (κ2) is 8.15. The van der Waals surface area contributed by atoms with E-state index in [4.69, 9.17) is 4.74 Å². The number of hydrogen-bond donors (Lipinski definition) is 1. The van der Waals surface area contributed by atoms with E-state index in [0.29, 0.717) is 11.3 Å². The van der Waals surface area contributed by atoms with Crippen molar-refractivity contribution in [3.8, 4) is 0 Å². The molecule has 3 aromatic heterocycles. The Bertz CT molecular complexity index is 1050. The summed E-state index contributed by atoms with van der Waals surface area (Å²) in [4.78, 5) is 20.0. The van der Waals surface area contributed by atoms with Crippen LogP contribution in [0.3, 0.4) is 0 Å². The molecule has 1 spiro atoms. The summed E-state index contributed by atoms with van der Waals surface area (Å²) in [5, 5.41) is 6.76. The van der Waals surface area contributed by atoms with Crippen molar-refractivity contribution in [2.24, 2.45) is 5.41 Å². The van der Waals surface area contributed by atoms with Crippen molar-refractivity contribution in [3.05, 3.63) is 30.6 Å². The second-order valence-electron chi connectivity index (χ2n) is 8.44. The number of fused-ring (bicyclic) bond motifs is 1. The predicted molar refractivity (Wildman–Crippen MR) is 110 cm³/mol. The van der Waals surface area contributed by atoms with Crippen LogP contribution < -0.4 is 9.80 Å². The standard InChI is InChI=1S/C16H15F3N8.C4H8O/c17-16(18,19)14-21-3-10(4-22-14)27-8-15(9-27)1-2-26(7-15)12-6-20-11-5-23-25-13(11)24-12;1-2-4-5-3-1/h3-6H,1-2,7-9H2,(H,23,24,25);1-4H2. The quantitative estimate of drug-likeness (QED) is 0.639. The topological polar surface area (TPSA) is 96.0 Å². The predicted octanol–water partition coefficient (Wildman–Crippen LogP) is 2.68. The minimum Gasteiger partial charge on any atom is -0.381 e. The van der Waals surface area contributed by atoms with Crippen LogP contribution in [0.2, 0.25) is 0 Å². The van der Waals surface area contributed by atoms with Gasteiger partial charge in [0.25, 0.3) is 0 Å². The van der Waals surface area contributed by atoms with Crippen LogP contribution in [0.15, 0.2) is 24.8 Å². The van der Waals surface area contributed by atoms with E-state index in [1.807, 2.05) is 4.90 Å². The molecule has 3 aliphatic rings. The van der Waals surface area contributed by atoms with Gasteiger partial charge in [0.2, 0.25) is 5.82 Å². The maximum Gasteiger partial charge on any atom is 0.451 e. The first kappa shape index (κ1) is 20.9. The molecule has 3 fully saturated rings. The lowest BCUT2D eigenvalue weighted by Crippen LogP contribution is -2.57. The average Bonchev–Trinajstić information content (AvgIpc) is 3.54. The molecule has 0 radical (unpaired) electrons. The number of ether oxygens (including phenoxy) is 1. The van der Waals surface area contributed by atoms with Crippen LogP contribution in [0.25, 0.3) is 11.2 Å². The number of aromatic amines is 1. The highest BCUT2D eigenvalue weighted by atomic mass is 19.4. The second-order valence-corrected chi connectivity index (χ2v) is 8.44. The van der Waals surface area contributed by atoms with E-state index in [-0.39, 0.29) is 5.41 Å². The summed E-state index contributed by atoms with van der Waals surface area (Å²) in [6, 6.07) is 0. The van der Waals surface area contributed by atoms with Crippen molar-refractivity contribution in [2.45, 2.75) is 25.4 Å². The van der Waals surface area contributed by atoms with Gasteiger partial charge in [-0.1, -0.05) is 0 Å². The number of anilines is 2. The van der Waals surface area contributed by atoms with Crippen LogP contribution in [-0.2, 0) is 10.9 Å². The molecule has 0 aliphatic carbocycles. The van der Waals surface area contributed by atoms with Crippen molar-refractivity contribution in [3.63, 3.8) is 0 Å². The molecule has 3 saturated heterocycles. The zero-order valence-corrected chi connectivity index (χ0v) is 17.3. The molecule has 0 aromatic carbocycles. The van der Waals surface area contributed by atoms with Crippen molar-refractivity contribution < 1.29 is 17.9 Å². The van der Waals surface area contributed by atoms with E-state index in [9.17, 15) is 13.2 Å². The molecule has 1 N–H and O–H groups in total. The summed E-state index contributed by atoms with van der Waals surface area (Å²) < 4.78 is 42.7. The van der Waals surface area contributed by atoms with E-state index in [1.165, 1.54) is 25.2 Å². The maximum atomic E-state index is 12.6. The molecule has 32 heavy (non-hydrogen) atoms. The van der Waals surface area contributed by atoms with Gasteiger partial charge in [-0.25, -0.2) is 19.9 Å². The lowest BCUT2D eigenvalue weighted by atomic mass is 9.79. The smallest absolute Gasteiger partial charge is 0.381 e. The largest absolute Gasteiger partial charge is 0.451 e. The number of rotatable bonds is 2. The number of aromatic nitrogens is 6. The van der Waals surface area contributed by atoms with E-state index in [0.717, 1.165) is 57.1 Å². The monoisotopic (exact) mass is 448 g/mol. The SMILES string of the molecule is C1CCOC1.FC(F)(F)c1ncc(N2CC3(CCN(c4cnc5cn[nH]c5n4)C3)C2)cn1. The number of hydrogen-bond acceptors (Lipinski definition) is 8. The van der Waals surface area contributed by atoms with Gasteiger partial charge in [-0.2, -0.15) is 18.3 Å². The minimum absolute atomic E-state index is 0.104. The minimum atomic E-state index is -4.52. The average molecular weight is 448 g/mol. The maximum absolute atomic E-state index is 12.6. The molecule has 0 atom stereocenters. The van der Waals surface area contributed by atoms with Crippen LogP contribution in [0.5, 0.6) is 0 Å². The summed E-state index contributed by atoms with van der Waals surface area (Å²) in [6.45, 7) is 5.22. The van der Waals surface area contributed by atoms with E-state index >= 15 is 0 Å². The molecule has 12 heteroatoms. The third kappa shape index (κ3) is 4.18. The third-order valence-electron chi connectivity index (χ3n) is 6.04. The molecule has 0 bridgehead atoms. The highest BCUT2D eigenvalue weighted by Gasteiger charge is 2.48. The first-order chi connectivity index (χ1) is 15.4. The lowest BCUT2D eigenvalue weighted by molar-refractivity contribution is -0.145. The molecule has 0 saturated carbocycles. The van der Waals surface area contributed by atoms with Gasteiger partial charge in [0.05, 0.1) is 30.5 Å². The third-order valence-corrected chi connectivity index (χ3v) is 6.04. The van der Waals surface area contributed by atoms with Gasteiger partial charge in [-0.15, -0.1) is 0 Å². The van der Waals surface area contributed by atoms with Gasteiger partial charge in [-0.05, 0) is 19.3 Å². The van der Waals surface area contributed by atoms with Crippen LogP contribution in [0, 0.1) is 5.41 Å². The first-order valence-electron chi connectivity index (χ1n) is 10.5. The number of nitrogens with zero attached hydrogens (tertiary/aromatic N) is 7. The normalized spacial score (nSPS) is 19.8. The van der Waals surface area contributed by atoms with E-state index < -0.39 is 12.0 Å². The van der Waals surface area contributed by atoms with Crippen molar-refractivity contribution >= 4 is 22.7 Å². The fraction of sp³-hybridized carbons (Fsp3) is 0.550. The molecule has 6 rings (SSSR count). The Morgan fingerprint density at radius 2 is 1.66 bits per heavy atom. The molecule has 6 heterocycles. The van der Waals surface area contributed by atoms with Gasteiger partial charge in [0.15, 0.2) is 5.65 Å². The zero-order valence-electron chi connectivity index (χ0n) is 17.3. The zero-order chi connectivity index (χ0) is 22.2. The highest BCUT2D eigenvalue weighted by molar-refractivity contribution is 5.70. The molecule has 9 nitrogen and oxygen atoms in total. The molecule has 0 unspecified atom stereocenters. The molecule has 0 amide bonds. The lowest BCUT2D eigenvalue weighted by Gasteiger charge is -2.49. The van der Waals surface area contributed by atoms with Gasteiger partial charge < -0.3 is 14.5 Å². The summed E-state index contributed by atoms with van der Waals surface area (Å²) in [7, 11) is 0. The number of alkyl halides is 3. The van der Waals surface area contributed by atoms with Gasteiger partial charge in [0.1, 0.15) is 11.3 Å². The summed E-state index contributed by atoms with van der Waals surface area (Å²) in [5.41, 5.74) is 2.11. The fourth-order valence-electron chi connectivity index (χ4n) is 4.35. The molecule has 3 aliphatic heterocycles. The number of halogens is 3. The molecule has 3 aromatic rings. The van der Waals surface area contributed by atoms with Gasteiger partial charge in [-0.3, -0.25) is 5.10 Å². The van der Waals surface area contributed by atoms with Crippen LogP contribution in [-0.4, -0.2) is 69.5 Å². The van der Waals surface area contributed by atoms with E-state index in [2.05, 4.69) is 35.0 Å². The highest BCUT2D eigenvalue weighted by Crippen LogP contribution is 2.42. The van der Waals surface area contributed by atoms with Crippen LogP contribution in [0.4, 0.5) is 24.7 Å². The summed E-state index contributed by atoms with van der Waals surface area (Å²) in [5.74, 6) is -0.304.